The maximum Gasteiger partial charge on any atom is 0.433 e. The molecule has 7 nitrogen and oxygen atoms in total. The van der Waals surface area contributed by atoms with Gasteiger partial charge in [-0.1, -0.05) is 36.4 Å². The quantitative estimate of drug-likeness (QED) is 0.257. The number of nitrogens with zero attached hydrogens (tertiary/aromatic N) is 3. The molecule has 4 rings (SSSR count). The van der Waals surface area contributed by atoms with Crippen molar-refractivity contribution in [3.05, 3.63) is 87.7 Å². The Labute approximate surface area is 152 Å². The number of nitrogens with one attached hydrogen (secondary N) is 1. The van der Waals surface area contributed by atoms with Crippen molar-refractivity contribution in [3.63, 3.8) is 0 Å². The lowest BCUT2D eigenvalue weighted by atomic mass is 10.3. The Morgan fingerprint density at radius 3 is 2.27 bits per heavy atom. The highest BCUT2D eigenvalue weighted by molar-refractivity contribution is 7.71. The van der Waals surface area contributed by atoms with Crippen LogP contribution in [-0.4, -0.2) is 14.7 Å². The standard InChI is InChI=1S/C18H12N4O3S/c23-22(24)16-12-11-15(25-16)17-20(13-7-3-1-4-8-13)18(26)19-21(17)14-9-5-2-6-10-14/h1-12H/p+1. The Balaban J connectivity index is 2.02. The molecule has 0 spiro atoms. The number of aromatic amines is 1. The molecule has 2 heterocycles. The Bertz CT molecular complexity index is 1130. The number of nitro groups is 1. The lowest BCUT2D eigenvalue weighted by Gasteiger charge is -2.02. The smallest absolute Gasteiger partial charge is 0.394 e. The molecule has 0 aliphatic carbocycles. The summed E-state index contributed by atoms with van der Waals surface area (Å²) in [7, 11) is 0. The van der Waals surface area contributed by atoms with Gasteiger partial charge in [-0.2, -0.15) is 4.57 Å². The second-order valence-corrected chi connectivity index (χ2v) is 5.86. The van der Waals surface area contributed by atoms with Crippen molar-refractivity contribution in [2.75, 3.05) is 0 Å². The Morgan fingerprint density at radius 1 is 1.00 bits per heavy atom. The maximum atomic E-state index is 11.0. The lowest BCUT2D eigenvalue weighted by Crippen LogP contribution is -2.33. The number of rotatable bonds is 4. The summed E-state index contributed by atoms with van der Waals surface area (Å²) in [6.07, 6.45) is 0. The fraction of sp³-hybridized carbons (Fsp3) is 0. The Hall–Kier alpha value is -3.52. The van der Waals surface area contributed by atoms with Crippen LogP contribution in [0.3, 0.4) is 0 Å². The minimum atomic E-state index is -0.565. The summed E-state index contributed by atoms with van der Waals surface area (Å²) in [5.41, 5.74) is 1.64. The number of H-pyrrole nitrogens is 1. The van der Waals surface area contributed by atoms with Crippen molar-refractivity contribution in [3.8, 4) is 23.0 Å². The molecule has 0 saturated carbocycles. The first kappa shape index (κ1) is 16.0. The molecular weight excluding hydrogens is 352 g/mol. The van der Waals surface area contributed by atoms with E-state index in [9.17, 15) is 10.1 Å². The predicted octanol–water partition coefficient (Wildman–Crippen LogP) is 3.98. The van der Waals surface area contributed by atoms with Gasteiger partial charge in [0.2, 0.25) is 5.76 Å². The van der Waals surface area contributed by atoms with Gasteiger partial charge in [0.25, 0.3) is 0 Å². The second-order valence-electron chi connectivity index (χ2n) is 5.48. The molecule has 0 amide bonds. The van der Waals surface area contributed by atoms with Crippen LogP contribution in [0, 0.1) is 14.9 Å². The van der Waals surface area contributed by atoms with E-state index in [4.69, 9.17) is 16.6 Å². The van der Waals surface area contributed by atoms with Crippen molar-refractivity contribution in [2.24, 2.45) is 0 Å². The van der Waals surface area contributed by atoms with Crippen LogP contribution in [0.1, 0.15) is 0 Å². The molecule has 0 aliphatic heterocycles. The molecule has 8 heteroatoms. The second kappa shape index (κ2) is 6.41. The Kier molecular flexibility index (Phi) is 3.94. The van der Waals surface area contributed by atoms with Gasteiger partial charge in [0, 0.05) is 0 Å². The van der Waals surface area contributed by atoms with Crippen LogP contribution in [0.4, 0.5) is 5.88 Å². The van der Waals surface area contributed by atoms with E-state index in [1.807, 2.05) is 60.7 Å². The molecular formula is C18H13N4O3S+. The van der Waals surface area contributed by atoms with E-state index in [-0.39, 0.29) is 5.88 Å². The zero-order valence-electron chi connectivity index (χ0n) is 13.4. The van der Waals surface area contributed by atoms with Gasteiger partial charge in [0.05, 0.1) is 6.07 Å². The van der Waals surface area contributed by atoms with Crippen molar-refractivity contribution < 1.29 is 13.9 Å². The molecule has 128 valence electrons. The number of para-hydroxylation sites is 2. The third kappa shape index (κ3) is 2.72. The first-order chi connectivity index (χ1) is 12.6. The molecule has 2 aromatic carbocycles. The van der Waals surface area contributed by atoms with Crippen LogP contribution in [0.2, 0.25) is 0 Å². The molecule has 4 aromatic rings. The average Bonchev–Trinajstić information content (AvgIpc) is 3.28. The largest absolute Gasteiger partial charge is 0.433 e. The van der Waals surface area contributed by atoms with Gasteiger partial charge in [-0.25, -0.2) is 0 Å². The number of hydrogen-bond donors (Lipinski definition) is 1. The summed E-state index contributed by atoms with van der Waals surface area (Å²) in [6, 6.07) is 21.9. The zero-order valence-corrected chi connectivity index (χ0v) is 14.2. The van der Waals surface area contributed by atoms with Crippen LogP contribution >= 0.6 is 12.2 Å². The predicted molar refractivity (Wildman–Crippen MR) is 96.8 cm³/mol. The fourth-order valence-corrected chi connectivity index (χ4v) is 3.02. The van der Waals surface area contributed by atoms with Gasteiger partial charge in [0.1, 0.15) is 16.3 Å². The number of aromatic nitrogens is 3. The van der Waals surface area contributed by atoms with Gasteiger partial charge in [-0.05, 0) is 42.5 Å². The van der Waals surface area contributed by atoms with Crippen LogP contribution < -0.4 is 4.57 Å². The molecule has 0 fully saturated rings. The van der Waals surface area contributed by atoms with Crippen molar-refractivity contribution in [1.82, 2.24) is 9.78 Å². The van der Waals surface area contributed by atoms with Crippen LogP contribution in [0.25, 0.3) is 23.0 Å². The molecule has 0 saturated heterocycles. The summed E-state index contributed by atoms with van der Waals surface area (Å²) >= 11 is 5.51. The highest BCUT2D eigenvalue weighted by Gasteiger charge is 2.28. The Morgan fingerprint density at radius 2 is 1.65 bits per heavy atom. The first-order valence-corrected chi connectivity index (χ1v) is 8.18. The van der Waals surface area contributed by atoms with Crippen molar-refractivity contribution in [1.29, 1.82) is 0 Å². The normalized spacial score (nSPS) is 10.8. The highest BCUT2D eigenvalue weighted by Crippen LogP contribution is 2.26. The molecule has 0 bridgehead atoms. The number of benzene rings is 2. The molecule has 0 radical (unpaired) electrons. The van der Waals surface area contributed by atoms with Crippen LogP contribution in [0.5, 0.6) is 0 Å². The number of hydrogen-bond acceptors (Lipinski definition) is 4. The fourth-order valence-electron chi connectivity index (χ4n) is 2.74. The van der Waals surface area contributed by atoms with Gasteiger partial charge in [-0.3, -0.25) is 10.1 Å². The summed E-state index contributed by atoms with van der Waals surface area (Å²) in [5, 5.41) is 14.2. The molecule has 1 N–H and O–H groups in total. The van der Waals surface area contributed by atoms with E-state index in [2.05, 4.69) is 5.10 Å². The third-order valence-electron chi connectivity index (χ3n) is 3.86. The topological polar surface area (TPSA) is 80.9 Å². The summed E-state index contributed by atoms with van der Waals surface area (Å²) in [5.74, 6) is 0.559. The van der Waals surface area contributed by atoms with Crippen LogP contribution in [-0.2, 0) is 0 Å². The van der Waals surface area contributed by atoms with Gasteiger partial charge in [-0.15, -0.1) is 9.78 Å². The summed E-state index contributed by atoms with van der Waals surface area (Å²) in [4.78, 5) is 10.5. The van der Waals surface area contributed by atoms with Crippen molar-refractivity contribution in [2.45, 2.75) is 0 Å². The molecule has 0 atom stereocenters. The van der Waals surface area contributed by atoms with E-state index in [1.165, 1.54) is 6.07 Å². The van der Waals surface area contributed by atoms with Crippen molar-refractivity contribution >= 4 is 18.1 Å². The molecule has 0 aliphatic rings. The van der Waals surface area contributed by atoms with E-state index in [0.29, 0.717) is 16.4 Å². The summed E-state index contributed by atoms with van der Waals surface area (Å²) < 4.78 is 9.43. The van der Waals surface area contributed by atoms with E-state index in [1.54, 1.807) is 15.3 Å². The third-order valence-corrected chi connectivity index (χ3v) is 4.13. The monoisotopic (exact) mass is 365 g/mol. The molecule has 26 heavy (non-hydrogen) atoms. The van der Waals surface area contributed by atoms with E-state index in [0.717, 1.165) is 11.4 Å². The zero-order chi connectivity index (χ0) is 18.1. The van der Waals surface area contributed by atoms with Gasteiger partial charge >= 0.3 is 16.5 Å². The van der Waals surface area contributed by atoms with Crippen LogP contribution in [0.15, 0.2) is 77.2 Å². The van der Waals surface area contributed by atoms with Gasteiger partial charge < -0.3 is 4.42 Å². The molecule has 0 unspecified atom stereocenters. The minimum absolute atomic E-state index is 0.327. The van der Waals surface area contributed by atoms with Gasteiger partial charge in [0.15, 0.2) is 0 Å². The number of furan rings is 1. The lowest BCUT2D eigenvalue weighted by molar-refractivity contribution is -0.592. The maximum absolute atomic E-state index is 11.0. The van der Waals surface area contributed by atoms with E-state index >= 15 is 0 Å². The first-order valence-electron chi connectivity index (χ1n) is 7.77. The highest BCUT2D eigenvalue weighted by atomic mass is 32.1. The van der Waals surface area contributed by atoms with E-state index < -0.39 is 4.92 Å². The minimum Gasteiger partial charge on any atom is -0.394 e. The summed E-state index contributed by atoms with van der Waals surface area (Å²) in [6.45, 7) is 0. The molecule has 2 aromatic heterocycles. The average molecular weight is 365 g/mol. The SMILES string of the molecule is O=[N+]([O-])c1ccc(-c2n(-c3ccccc3)[nH]c(=S)[n+]2-c2ccccc2)o1.